The van der Waals surface area contributed by atoms with Crippen LogP contribution in [0.25, 0.3) is 0 Å². The molecule has 0 aliphatic carbocycles. The smallest absolute Gasteiger partial charge is 0.406 e. The van der Waals surface area contributed by atoms with Crippen molar-refractivity contribution in [2.45, 2.75) is 6.36 Å². The fraction of sp³-hybridized carbons (Fsp3) is 0.118. The van der Waals surface area contributed by atoms with E-state index in [1.165, 1.54) is 24.3 Å². The third kappa shape index (κ3) is 3.66. The van der Waals surface area contributed by atoms with Crippen LogP contribution in [0.3, 0.4) is 0 Å². The number of imide groups is 1. The molecule has 0 fully saturated rings. The van der Waals surface area contributed by atoms with Crippen LogP contribution in [0, 0.1) is 0 Å². The predicted octanol–water partition coefficient (Wildman–Crippen LogP) is 2.82. The Labute approximate surface area is 145 Å². The molecule has 134 valence electrons. The average molecular weight is 364 g/mol. The van der Waals surface area contributed by atoms with Crippen LogP contribution < -0.4 is 10.1 Å². The molecular formula is C17H11F3N2O4. The van der Waals surface area contributed by atoms with Crippen molar-refractivity contribution in [3.8, 4) is 5.75 Å². The van der Waals surface area contributed by atoms with Crippen molar-refractivity contribution in [3.63, 3.8) is 0 Å². The zero-order chi connectivity index (χ0) is 18.9. The number of carbonyl (C=O) groups excluding carboxylic acids is 3. The SMILES string of the molecule is O=C(CN1C(=O)c2ccccc2C1=O)Nc1cccc(OC(F)(F)F)c1. The first-order valence-electron chi connectivity index (χ1n) is 7.35. The number of hydrogen-bond donors (Lipinski definition) is 1. The molecule has 0 saturated carbocycles. The van der Waals surface area contributed by atoms with Gasteiger partial charge in [0.15, 0.2) is 0 Å². The number of ether oxygens (including phenoxy) is 1. The molecule has 3 amide bonds. The van der Waals surface area contributed by atoms with E-state index in [-0.39, 0.29) is 16.8 Å². The van der Waals surface area contributed by atoms with Gasteiger partial charge in [0, 0.05) is 11.8 Å². The lowest BCUT2D eigenvalue weighted by Crippen LogP contribution is -2.37. The Morgan fingerprint density at radius 1 is 1.00 bits per heavy atom. The minimum Gasteiger partial charge on any atom is -0.406 e. The fourth-order valence-corrected chi connectivity index (χ4v) is 2.50. The Balaban J connectivity index is 1.68. The number of halogens is 3. The van der Waals surface area contributed by atoms with Crippen molar-refractivity contribution in [1.82, 2.24) is 4.90 Å². The van der Waals surface area contributed by atoms with Gasteiger partial charge in [-0.25, -0.2) is 0 Å². The lowest BCUT2D eigenvalue weighted by atomic mass is 10.1. The molecule has 1 aliphatic heterocycles. The van der Waals surface area contributed by atoms with Crippen molar-refractivity contribution < 1.29 is 32.3 Å². The number of hydrogen-bond acceptors (Lipinski definition) is 4. The van der Waals surface area contributed by atoms with Crippen LogP contribution in [-0.4, -0.2) is 35.5 Å². The molecule has 0 atom stereocenters. The summed E-state index contributed by atoms with van der Waals surface area (Å²) in [5.74, 6) is -2.44. The van der Waals surface area contributed by atoms with Crippen LogP contribution >= 0.6 is 0 Å². The Hall–Kier alpha value is -3.36. The van der Waals surface area contributed by atoms with Gasteiger partial charge >= 0.3 is 6.36 Å². The highest BCUT2D eigenvalue weighted by Gasteiger charge is 2.36. The summed E-state index contributed by atoms with van der Waals surface area (Å²) >= 11 is 0. The highest BCUT2D eigenvalue weighted by molar-refractivity contribution is 6.22. The highest BCUT2D eigenvalue weighted by atomic mass is 19.4. The van der Waals surface area contributed by atoms with Crippen LogP contribution in [0.2, 0.25) is 0 Å². The largest absolute Gasteiger partial charge is 0.573 e. The van der Waals surface area contributed by atoms with E-state index in [0.29, 0.717) is 0 Å². The lowest BCUT2D eigenvalue weighted by Gasteiger charge is -2.14. The average Bonchev–Trinajstić information content (AvgIpc) is 2.79. The second-order valence-electron chi connectivity index (χ2n) is 5.37. The third-order valence-electron chi connectivity index (χ3n) is 3.53. The monoisotopic (exact) mass is 364 g/mol. The number of nitrogens with one attached hydrogen (secondary N) is 1. The van der Waals surface area contributed by atoms with E-state index in [1.807, 2.05) is 0 Å². The zero-order valence-electron chi connectivity index (χ0n) is 13.0. The summed E-state index contributed by atoms with van der Waals surface area (Å²) in [6, 6.07) is 10.8. The number of amides is 3. The van der Waals surface area contributed by atoms with Gasteiger partial charge < -0.3 is 10.1 Å². The summed E-state index contributed by atoms with van der Waals surface area (Å²) in [6.07, 6.45) is -4.86. The van der Waals surface area contributed by atoms with Crippen LogP contribution in [-0.2, 0) is 4.79 Å². The van der Waals surface area contributed by atoms with E-state index in [2.05, 4.69) is 10.1 Å². The number of fused-ring (bicyclic) bond motifs is 1. The topological polar surface area (TPSA) is 75.7 Å². The molecule has 0 radical (unpaired) electrons. The summed E-state index contributed by atoms with van der Waals surface area (Å²) in [5.41, 5.74) is 0.435. The van der Waals surface area contributed by atoms with E-state index in [9.17, 15) is 27.6 Å². The molecule has 2 aromatic rings. The van der Waals surface area contributed by atoms with Crippen LogP contribution in [0.5, 0.6) is 5.75 Å². The summed E-state index contributed by atoms with van der Waals surface area (Å²) in [6.45, 7) is -0.559. The molecule has 0 saturated heterocycles. The minimum absolute atomic E-state index is 0.0355. The Kier molecular flexibility index (Phi) is 4.37. The van der Waals surface area contributed by atoms with Gasteiger partial charge in [0.25, 0.3) is 11.8 Å². The van der Waals surface area contributed by atoms with Gasteiger partial charge in [-0.3, -0.25) is 19.3 Å². The third-order valence-corrected chi connectivity index (χ3v) is 3.53. The van der Waals surface area contributed by atoms with Gasteiger partial charge in [-0.05, 0) is 24.3 Å². The number of alkyl halides is 3. The molecule has 0 bridgehead atoms. The molecule has 1 N–H and O–H groups in total. The molecule has 0 unspecified atom stereocenters. The molecule has 9 heteroatoms. The first kappa shape index (κ1) is 17.5. The van der Waals surface area contributed by atoms with E-state index in [4.69, 9.17) is 0 Å². The number of anilines is 1. The normalized spacial score (nSPS) is 13.6. The summed E-state index contributed by atoms with van der Waals surface area (Å²) in [7, 11) is 0. The molecule has 1 heterocycles. The highest BCUT2D eigenvalue weighted by Crippen LogP contribution is 2.25. The fourth-order valence-electron chi connectivity index (χ4n) is 2.50. The van der Waals surface area contributed by atoms with Gasteiger partial charge in [0.05, 0.1) is 11.1 Å². The molecular weight excluding hydrogens is 353 g/mol. The van der Waals surface area contributed by atoms with Gasteiger partial charge in [-0.15, -0.1) is 13.2 Å². The Morgan fingerprint density at radius 3 is 2.19 bits per heavy atom. The first-order chi connectivity index (χ1) is 12.2. The van der Waals surface area contributed by atoms with Gasteiger partial charge in [-0.2, -0.15) is 0 Å². The van der Waals surface area contributed by atoms with Crippen LogP contribution in [0.1, 0.15) is 20.7 Å². The quantitative estimate of drug-likeness (QED) is 0.847. The summed E-state index contributed by atoms with van der Waals surface area (Å²) in [4.78, 5) is 37.2. The first-order valence-corrected chi connectivity index (χ1v) is 7.35. The number of nitrogens with zero attached hydrogens (tertiary/aromatic N) is 1. The number of rotatable bonds is 4. The maximum absolute atomic E-state index is 12.2. The van der Waals surface area contributed by atoms with Crippen LogP contribution in [0.15, 0.2) is 48.5 Å². The number of carbonyl (C=O) groups is 3. The number of benzene rings is 2. The van der Waals surface area contributed by atoms with E-state index >= 15 is 0 Å². The Morgan fingerprint density at radius 2 is 1.62 bits per heavy atom. The second kappa shape index (κ2) is 6.51. The predicted molar refractivity (Wildman–Crippen MR) is 83.6 cm³/mol. The maximum Gasteiger partial charge on any atom is 0.573 e. The van der Waals surface area contributed by atoms with Crippen molar-refractivity contribution in [1.29, 1.82) is 0 Å². The molecule has 26 heavy (non-hydrogen) atoms. The second-order valence-corrected chi connectivity index (χ2v) is 5.37. The van der Waals surface area contributed by atoms with Crippen molar-refractivity contribution in [2.24, 2.45) is 0 Å². The van der Waals surface area contributed by atoms with E-state index in [0.717, 1.165) is 17.0 Å². The van der Waals surface area contributed by atoms with E-state index in [1.54, 1.807) is 12.1 Å². The minimum atomic E-state index is -4.86. The molecule has 6 nitrogen and oxygen atoms in total. The Bertz CT molecular complexity index is 861. The van der Waals surface area contributed by atoms with Gasteiger partial charge in [-0.1, -0.05) is 18.2 Å². The van der Waals surface area contributed by atoms with Crippen LogP contribution in [0.4, 0.5) is 18.9 Å². The molecule has 0 spiro atoms. The summed E-state index contributed by atoms with van der Waals surface area (Å²) < 4.78 is 40.5. The lowest BCUT2D eigenvalue weighted by molar-refractivity contribution is -0.274. The molecule has 0 aromatic heterocycles. The molecule has 1 aliphatic rings. The van der Waals surface area contributed by atoms with Gasteiger partial charge in [0.2, 0.25) is 5.91 Å². The standard InChI is InChI=1S/C17H11F3N2O4/c18-17(19,20)26-11-5-3-4-10(8-11)21-14(23)9-22-15(24)12-6-1-2-7-13(12)16(22)25/h1-8H,9H2,(H,21,23). The van der Waals surface area contributed by atoms with Gasteiger partial charge in [0.1, 0.15) is 12.3 Å². The molecule has 2 aromatic carbocycles. The van der Waals surface area contributed by atoms with E-state index < -0.39 is 36.4 Å². The molecule has 3 rings (SSSR count). The maximum atomic E-state index is 12.2. The van der Waals surface area contributed by atoms with Crippen molar-refractivity contribution in [3.05, 3.63) is 59.7 Å². The van der Waals surface area contributed by atoms with Crippen molar-refractivity contribution >= 4 is 23.4 Å². The summed E-state index contributed by atoms with van der Waals surface area (Å²) in [5, 5.41) is 2.33. The van der Waals surface area contributed by atoms with Crippen molar-refractivity contribution in [2.75, 3.05) is 11.9 Å². The zero-order valence-corrected chi connectivity index (χ0v) is 13.0.